The van der Waals surface area contributed by atoms with E-state index in [0.29, 0.717) is 6.61 Å². The Bertz CT molecular complexity index is 643. The van der Waals surface area contributed by atoms with E-state index < -0.39 is 5.97 Å². The van der Waals surface area contributed by atoms with Crippen molar-refractivity contribution < 1.29 is 14.3 Å². The van der Waals surface area contributed by atoms with E-state index in [1.54, 1.807) is 6.92 Å². The molecule has 1 heterocycles. The molecule has 0 unspecified atom stereocenters. The van der Waals surface area contributed by atoms with E-state index in [1.165, 1.54) is 18.1 Å². The Hall–Kier alpha value is -2.15. The van der Waals surface area contributed by atoms with Gasteiger partial charge in [0.25, 0.3) is 0 Å². The minimum absolute atomic E-state index is 0.113. The topological polar surface area (TPSA) is 81.2 Å². The first kappa shape index (κ1) is 15.2. The third-order valence-electron chi connectivity index (χ3n) is 2.58. The van der Waals surface area contributed by atoms with Crippen LogP contribution in [0.1, 0.15) is 6.92 Å². The van der Waals surface area contributed by atoms with Crippen molar-refractivity contribution in [2.24, 2.45) is 0 Å². The number of nitrogens with zero attached hydrogens (tertiary/aromatic N) is 2. The van der Waals surface area contributed by atoms with Gasteiger partial charge in [-0.25, -0.2) is 9.97 Å². The molecule has 110 valence electrons. The lowest BCUT2D eigenvalue weighted by Gasteiger charge is -2.06. The number of esters is 1. The molecule has 2 aromatic rings. The van der Waals surface area contributed by atoms with Gasteiger partial charge in [0.05, 0.1) is 17.9 Å². The van der Waals surface area contributed by atoms with Crippen LogP contribution in [0.15, 0.2) is 35.6 Å². The zero-order chi connectivity index (χ0) is 15.1. The van der Waals surface area contributed by atoms with E-state index in [1.807, 2.05) is 24.3 Å². The second-order valence-corrected chi connectivity index (χ2v) is 5.03. The van der Waals surface area contributed by atoms with Crippen molar-refractivity contribution >= 4 is 34.5 Å². The van der Waals surface area contributed by atoms with Crippen molar-refractivity contribution in [2.75, 3.05) is 18.9 Å². The number of nitrogens with one attached hydrogen (secondary N) is 1. The summed E-state index contributed by atoms with van der Waals surface area (Å²) >= 11 is 1.31. The van der Waals surface area contributed by atoms with Gasteiger partial charge in [0.2, 0.25) is 5.91 Å². The fraction of sp³-hybridized carbons (Fsp3) is 0.286. The highest BCUT2D eigenvalue weighted by Gasteiger charge is 2.09. The summed E-state index contributed by atoms with van der Waals surface area (Å²) < 4.78 is 4.73. The zero-order valence-electron chi connectivity index (χ0n) is 11.5. The second-order valence-electron chi connectivity index (χ2n) is 4.07. The molecule has 0 radical (unpaired) electrons. The predicted octanol–water partition coefficient (Wildman–Crippen LogP) is 1.40. The summed E-state index contributed by atoms with van der Waals surface area (Å²) in [5.41, 5.74) is 0.835. The number of para-hydroxylation sites is 1. The average Bonchev–Trinajstić information content (AvgIpc) is 2.51. The number of benzene rings is 1. The van der Waals surface area contributed by atoms with Gasteiger partial charge in [-0.15, -0.1) is 0 Å². The van der Waals surface area contributed by atoms with Crippen LogP contribution in [-0.2, 0) is 14.3 Å². The molecule has 21 heavy (non-hydrogen) atoms. The predicted molar refractivity (Wildman–Crippen MR) is 79.9 cm³/mol. The number of carbonyl (C=O) groups is 2. The third kappa shape index (κ3) is 4.42. The second kappa shape index (κ2) is 7.58. The van der Waals surface area contributed by atoms with Crippen LogP contribution in [0.25, 0.3) is 10.9 Å². The van der Waals surface area contributed by atoms with Gasteiger partial charge in [-0.3, -0.25) is 9.59 Å². The molecule has 2 rings (SSSR count). The molecule has 1 amide bonds. The van der Waals surface area contributed by atoms with E-state index in [-0.39, 0.29) is 18.2 Å². The molecule has 0 aliphatic carbocycles. The smallest absolute Gasteiger partial charge is 0.325 e. The van der Waals surface area contributed by atoms with Crippen molar-refractivity contribution in [3.8, 4) is 0 Å². The van der Waals surface area contributed by atoms with Crippen LogP contribution in [0.4, 0.5) is 0 Å². The fourth-order valence-corrected chi connectivity index (χ4v) is 2.48. The van der Waals surface area contributed by atoms with Crippen molar-refractivity contribution in [2.45, 2.75) is 11.9 Å². The Morgan fingerprint density at radius 1 is 1.29 bits per heavy atom. The number of fused-ring (bicyclic) bond motifs is 1. The van der Waals surface area contributed by atoms with Gasteiger partial charge in [0.1, 0.15) is 17.9 Å². The Labute approximate surface area is 126 Å². The van der Waals surface area contributed by atoms with Gasteiger partial charge in [0, 0.05) is 5.39 Å². The van der Waals surface area contributed by atoms with E-state index in [0.717, 1.165) is 15.9 Å². The van der Waals surface area contributed by atoms with Gasteiger partial charge in [0.15, 0.2) is 0 Å². The summed E-state index contributed by atoms with van der Waals surface area (Å²) in [6.45, 7) is 1.91. The number of ether oxygens (including phenoxy) is 1. The first-order valence-electron chi connectivity index (χ1n) is 6.45. The van der Waals surface area contributed by atoms with Crippen molar-refractivity contribution in [1.82, 2.24) is 15.3 Å². The largest absolute Gasteiger partial charge is 0.465 e. The van der Waals surface area contributed by atoms with E-state index in [2.05, 4.69) is 15.3 Å². The van der Waals surface area contributed by atoms with Gasteiger partial charge < -0.3 is 10.1 Å². The van der Waals surface area contributed by atoms with Crippen LogP contribution in [0.2, 0.25) is 0 Å². The number of carbonyl (C=O) groups excluding carboxylic acids is 2. The number of thioether (sulfide) groups is 1. The Kier molecular flexibility index (Phi) is 5.51. The Morgan fingerprint density at radius 3 is 2.90 bits per heavy atom. The highest BCUT2D eigenvalue weighted by atomic mass is 32.2. The maximum Gasteiger partial charge on any atom is 0.325 e. The molecular formula is C14H15N3O3S. The van der Waals surface area contributed by atoms with E-state index >= 15 is 0 Å². The first-order valence-corrected chi connectivity index (χ1v) is 7.44. The number of hydrogen-bond donors (Lipinski definition) is 1. The highest BCUT2D eigenvalue weighted by Crippen LogP contribution is 2.23. The molecule has 0 aliphatic rings. The maximum absolute atomic E-state index is 11.7. The number of hydrogen-bond acceptors (Lipinski definition) is 6. The summed E-state index contributed by atoms with van der Waals surface area (Å²) in [6, 6.07) is 7.60. The number of amides is 1. The van der Waals surface area contributed by atoms with Crippen LogP contribution in [-0.4, -0.2) is 40.7 Å². The molecule has 6 nitrogen and oxygen atoms in total. The van der Waals surface area contributed by atoms with Crippen LogP contribution >= 0.6 is 11.8 Å². The molecule has 0 saturated carbocycles. The molecule has 1 aromatic heterocycles. The minimum Gasteiger partial charge on any atom is -0.465 e. The minimum atomic E-state index is -0.441. The van der Waals surface area contributed by atoms with Gasteiger partial charge in [-0.1, -0.05) is 30.0 Å². The molecule has 0 fully saturated rings. The highest BCUT2D eigenvalue weighted by molar-refractivity contribution is 8.00. The van der Waals surface area contributed by atoms with Crippen molar-refractivity contribution in [3.05, 3.63) is 30.6 Å². The molecule has 0 saturated heterocycles. The normalized spacial score (nSPS) is 10.3. The summed E-state index contributed by atoms with van der Waals surface area (Å²) in [7, 11) is 0. The Morgan fingerprint density at radius 2 is 2.10 bits per heavy atom. The van der Waals surface area contributed by atoms with Crippen molar-refractivity contribution in [1.29, 1.82) is 0 Å². The Balaban J connectivity index is 1.90. The SMILES string of the molecule is CCOC(=O)CNC(=O)CSc1ncnc2ccccc12. The van der Waals surface area contributed by atoms with Gasteiger partial charge >= 0.3 is 5.97 Å². The van der Waals surface area contributed by atoms with E-state index in [4.69, 9.17) is 4.74 Å². The molecule has 1 aromatic carbocycles. The monoisotopic (exact) mass is 305 g/mol. The zero-order valence-corrected chi connectivity index (χ0v) is 12.4. The first-order chi connectivity index (χ1) is 10.2. The van der Waals surface area contributed by atoms with Crippen LogP contribution in [0.3, 0.4) is 0 Å². The lowest BCUT2D eigenvalue weighted by Crippen LogP contribution is -2.31. The summed E-state index contributed by atoms with van der Waals surface area (Å²) in [4.78, 5) is 31.2. The lowest BCUT2D eigenvalue weighted by atomic mass is 10.2. The third-order valence-corrected chi connectivity index (χ3v) is 3.59. The molecule has 0 spiro atoms. The maximum atomic E-state index is 11.7. The number of rotatable bonds is 6. The number of aromatic nitrogens is 2. The molecule has 7 heteroatoms. The van der Waals surface area contributed by atoms with E-state index in [9.17, 15) is 9.59 Å². The van der Waals surface area contributed by atoms with Gasteiger partial charge in [-0.05, 0) is 13.0 Å². The van der Waals surface area contributed by atoms with Crippen LogP contribution < -0.4 is 5.32 Å². The summed E-state index contributed by atoms with van der Waals surface area (Å²) in [5, 5.41) is 4.16. The lowest BCUT2D eigenvalue weighted by molar-refractivity contribution is -0.143. The summed E-state index contributed by atoms with van der Waals surface area (Å²) in [5.74, 6) is -0.500. The van der Waals surface area contributed by atoms with Gasteiger partial charge in [-0.2, -0.15) is 0 Å². The van der Waals surface area contributed by atoms with Crippen LogP contribution in [0.5, 0.6) is 0 Å². The van der Waals surface area contributed by atoms with Crippen molar-refractivity contribution in [3.63, 3.8) is 0 Å². The molecule has 0 atom stereocenters. The molecular weight excluding hydrogens is 290 g/mol. The molecule has 1 N–H and O–H groups in total. The summed E-state index contributed by atoms with van der Waals surface area (Å²) in [6.07, 6.45) is 1.47. The standard InChI is InChI=1S/C14H15N3O3S/c1-2-20-13(19)7-15-12(18)8-21-14-10-5-3-4-6-11(10)16-9-17-14/h3-6,9H,2,7-8H2,1H3,(H,15,18). The molecule has 0 bridgehead atoms. The average molecular weight is 305 g/mol. The van der Waals surface area contributed by atoms with Crippen LogP contribution in [0, 0.1) is 0 Å². The molecule has 0 aliphatic heterocycles. The fourth-order valence-electron chi connectivity index (χ4n) is 1.66. The quantitative estimate of drug-likeness (QED) is 0.493.